The molecule has 0 N–H and O–H groups in total. The highest BCUT2D eigenvalue weighted by molar-refractivity contribution is 6.30. The summed E-state index contributed by atoms with van der Waals surface area (Å²) in [4.78, 5) is 22.6. The predicted molar refractivity (Wildman–Crippen MR) is 126 cm³/mol. The number of halogens is 2. The van der Waals surface area contributed by atoms with Gasteiger partial charge in [0.05, 0.1) is 28.5 Å². The number of para-hydroxylation sites is 2. The first-order chi connectivity index (χ1) is 15.5. The minimum Gasteiger partial charge on any atom is -0.330 e. The average molecular weight is 445 g/mol. The van der Waals surface area contributed by atoms with Crippen LogP contribution >= 0.6 is 11.6 Å². The van der Waals surface area contributed by atoms with Crippen LogP contribution in [0, 0.1) is 5.82 Å². The molecule has 0 aliphatic carbocycles. The molecule has 5 aromatic rings. The van der Waals surface area contributed by atoms with Gasteiger partial charge in [-0.15, -0.1) is 0 Å². The maximum atomic E-state index is 13.8. The lowest BCUT2D eigenvalue weighted by atomic mass is 10.2. The van der Waals surface area contributed by atoms with Crippen molar-refractivity contribution in [3.05, 3.63) is 105 Å². The van der Waals surface area contributed by atoms with E-state index in [2.05, 4.69) is 9.97 Å². The summed E-state index contributed by atoms with van der Waals surface area (Å²) in [5, 5.41) is 0.994. The molecule has 0 aliphatic rings. The lowest BCUT2D eigenvalue weighted by molar-refractivity contribution is 0.628. The Morgan fingerprint density at radius 1 is 0.969 bits per heavy atom. The van der Waals surface area contributed by atoms with Crippen molar-refractivity contribution in [2.75, 3.05) is 0 Å². The van der Waals surface area contributed by atoms with Crippen LogP contribution in [0.4, 0.5) is 4.39 Å². The summed E-state index contributed by atoms with van der Waals surface area (Å²) in [5.74, 6) is 0.693. The van der Waals surface area contributed by atoms with Crippen LogP contribution in [0.2, 0.25) is 5.02 Å². The molecule has 0 saturated carbocycles. The average Bonchev–Trinajstić information content (AvgIpc) is 3.11. The Kier molecular flexibility index (Phi) is 5.07. The van der Waals surface area contributed by atoms with Crippen LogP contribution in [0.5, 0.6) is 0 Å². The largest absolute Gasteiger partial charge is 0.330 e. The molecule has 0 spiro atoms. The van der Waals surface area contributed by atoms with Gasteiger partial charge in [0.2, 0.25) is 0 Å². The zero-order valence-corrected chi connectivity index (χ0v) is 17.9. The first-order valence-electron chi connectivity index (χ1n) is 10.0. The predicted octanol–water partition coefficient (Wildman–Crippen LogP) is 5.29. The first-order valence-corrected chi connectivity index (χ1v) is 10.4. The minimum atomic E-state index is -0.440. The highest BCUT2D eigenvalue weighted by atomic mass is 35.5. The Bertz CT molecular complexity index is 1550. The van der Waals surface area contributed by atoms with Crippen LogP contribution in [0.3, 0.4) is 0 Å². The van der Waals surface area contributed by atoms with Crippen molar-refractivity contribution in [3.8, 4) is 0 Å². The molecule has 0 atom stereocenters. The maximum absolute atomic E-state index is 13.8. The second kappa shape index (κ2) is 8.05. The zero-order valence-electron chi connectivity index (χ0n) is 17.2. The van der Waals surface area contributed by atoms with E-state index in [0.29, 0.717) is 21.7 Å². The van der Waals surface area contributed by atoms with Crippen molar-refractivity contribution in [2.45, 2.75) is 6.54 Å². The standard InChI is InChI=1S/C25H18ClFN4O/c1-30-22-5-3-2-4-20(22)28-24(30)15-31-23(13-8-16-6-9-17(26)10-7-16)29-21-14-18(27)11-12-19(21)25(31)32/h2-14H,15H2,1H3/b13-8+. The molecule has 158 valence electrons. The molecular formula is C25H18ClFN4O. The van der Waals surface area contributed by atoms with Gasteiger partial charge < -0.3 is 4.57 Å². The van der Waals surface area contributed by atoms with Crippen molar-refractivity contribution in [1.29, 1.82) is 0 Å². The number of rotatable bonds is 4. The molecular weight excluding hydrogens is 427 g/mol. The van der Waals surface area contributed by atoms with Crippen LogP contribution < -0.4 is 5.56 Å². The Hall–Kier alpha value is -3.77. The molecule has 0 aliphatic heterocycles. The first kappa shape index (κ1) is 20.2. The third kappa shape index (κ3) is 3.69. The smallest absolute Gasteiger partial charge is 0.262 e. The van der Waals surface area contributed by atoms with Gasteiger partial charge in [0.15, 0.2) is 0 Å². The molecule has 0 unspecified atom stereocenters. The lowest BCUT2D eigenvalue weighted by Gasteiger charge is -2.11. The van der Waals surface area contributed by atoms with E-state index in [-0.39, 0.29) is 12.1 Å². The molecule has 5 nitrogen and oxygen atoms in total. The van der Waals surface area contributed by atoms with E-state index in [1.165, 1.54) is 18.2 Å². The van der Waals surface area contributed by atoms with E-state index < -0.39 is 5.82 Å². The summed E-state index contributed by atoms with van der Waals surface area (Å²) in [6, 6.07) is 19.1. The van der Waals surface area contributed by atoms with Gasteiger partial charge in [0.25, 0.3) is 5.56 Å². The second-order valence-electron chi connectivity index (χ2n) is 7.48. The van der Waals surface area contributed by atoms with Crippen LogP contribution in [0.15, 0.2) is 71.5 Å². The third-order valence-corrected chi connectivity index (χ3v) is 5.67. The normalized spacial score (nSPS) is 11.7. The molecule has 3 aromatic carbocycles. The van der Waals surface area contributed by atoms with Crippen LogP contribution in [0.25, 0.3) is 34.1 Å². The number of hydrogen-bond donors (Lipinski definition) is 0. The highest BCUT2D eigenvalue weighted by Gasteiger charge is 2.14. The molecule has 2 aromatic heterocycles. The summed E-state index contributed by atoms with van der Waals surface area (Å²) >= 11 is 5.97. The van der Waals surface area contributed by atoms with E-state index in [0.717, 1.165) is 22.4 Å². The van der Waals surface area contributed by atoms with Gasteiger partial charge in [-0.25, -0.2) is 14.4 Å². The number of aryl methyl sites for hydroxylation is 1. The van der Waals surface area contributed by atoms with E-state index >= 15 is 0 Å². The molecule has 0 amide bonds. The van der Waals surface area contributed by atoms with Crippen molar-refractivity contribution in [1.82, 2.24) is 19.1 Å². The number of hydrogen-bond acceptors (Lipinski definition) is 3. The summed E-state index contributed by atoms with van der Waals surface area (Å²) in [7, 11) is 1.92. The van der Waals surface area contributed by atoms with Crippen LogP contribution in [-0.2, 0) is 13.6 Å². The Labute approximate surface area is 188 Å². The quantitative estimate of drug-likeness (QED) is 0.378. The van der Waals surface area contributed by atoms with E-state index in [1.54, 1.807) is 22.8 Å². The van der Waals surface area contributed by atoms with Gasteiger partial charge in [-0.05, 0) is 48.0 Å². The van der Waals surface area contributed by atoms with Crippen molar-refractivity contribution in [2.24, 2.45) is 7.05 Å². The molecule has 32 heavy (non-hydrogen) atoms. The number of fused-ring (bicyclic) bond motifs is 2. The summed E-state index contributed by atoms with van der Waals surface area (Å²) in [5.41, 5.74) is 2.79. The van der Waals surface area contributed by atoms with Crippen LogP contribution in [-0.4, -0.2) is 19.1 Å². The molecule has 0 radical (unpaired) electrons. The van der Waals surface area contributed by atoms with Gasteiger partial charge >= 0.3 is 0 Å². The van der Waals surface area contributed by atoms with Gasteiger partial charge in [-0.1, -0.05) is 41.9 Å². The second-order valence-corrected chi connectivity index (χ2v) is 7.92. The Balaban J connectivity index is 1.66. The van der Waals surface area contributed by atoms with Crippen molar-refractivity contribution in [3.63, 3.8) is 0 Å². The fourth-order valence-corrected chi connectivity index (χ4v) is 3.84. The highest BCUT2D eigenvalue weighted by Crippen LogP contribution is 2.18. The maximum Gasteiger partial charge on any atom is 0.262 e. The van der Waals surface area contributed by atoms with Crippen molar-refractivity contribution < 1.29 is 4.39 Å². The molecule has 2 heterocycles. The van der Waals surface area contributed by atoms with Gasteiger partial charge in [-0.3, -0.25) is 9.36 Å². The van der Waals surface area contributed by atoms with Crippen molar-refractivity contribution >= 4 is 45.7 Å². The van der Waals surface area contributed by atoms with Gasteiger partial charge in [0.1, 0.15) is 17.5 Å². The minimum absolute atomic E-state index is 0.227. The fourth-order valence-electron chi connectivity index (χ4n) is 3.71. The van der Waals surface area contributed by atoms with Crippen LogP contribution in [0.1, 0.15) is 17.2 Å². The molecule has 7 heteroatoms. The molecule has 0 bridgehead atoms. The third-order valence-electron chi connectivity index (χ3n) is 5.42. The number of nitrogens with zero attached hydrogens (tertiary/aromatic N) is 4. The molecule has 0 fully saturated rings. The monoisotopic (exact) mass is 444 g/mol. The topological polar surface area (TPSA) is 52.7 Å². The van der Waals surface area contributed by atoms with E-state index in [4.69, 9.17) is 11.6 Å². The lowest BCUT2D eigenvalue weighted by Crippen LogP contribution is -2.25. The van der Waals surface area contributed by atoms with Gasteiger partial charge in [-0.2, -0.15) is 0 Å². The molecule has 0 saturated heterocycles. The summed E-state index contributed by atoms with van der Waals surface area (Å²) in [6.45, 7) is 0.227. The Morgan fingerprint density at radius 2 is 1.75 bits per heavy atom. The Morgan fingerprint density at radius 3 is 2.53 bits per heavy atom. The summed E-state index contributed by atoms with van der Waals surface area (Å²) < 4.78 is 17.3. The summed E-state index contributed by atoms with van der Waals surface area (Å²) in [6.07, 6.45) is 3.59. The zero-order chi connectivity index (χ0) is 22.2. The van der Waals surface area contributed by atoms with E-state index in [1.807, 2.05) is 54.1 Å². The van der Waals surface area contributed by atoms with E-state index in [9.17, 15) is 9.18 Å². The fraction of sp³-hybridized carbons (Fsp3) is 0.0800. The number of imidazole rings is 1. The molecule has 5 rings (SSSR count). The number of benzene rings is 3. The number of aromatic nitrogens is 4. The van der Waals surface area contributed by atoms with Gasteiger partial charge in [0, 0.05) is 18.1 Å². The SMILES string of the molecule is Cn1c(Cn2c(/C=C/c3ccc(Cl)cc3)nc3cc(F)ccc3c2=O)nc2ccccc21.